The number of aliphatic hydroxyl groups is 1. The Bertz CT molecular complexity index is 337. The van der Waals surface area contributed by atoms with Crippen LogP contribution in [0.5, 0.6) is 0 Å². The molecule has 3 nitrogen and oxygen atoms in total. The molecule has 0 bridgehead atoms. The zero-order valence-electron chi connectivity index (χ0n) is 11.8. The van der Waals surface area contributed by atoms with Crippen molar-refractivity contribution in [2.75, 3.05) is 25.4 Å². The normalized spacial score (nSPS) is 14.7. The number of rotatable bonds is 7. The van der Waals surface area contributed by atoms with E-state index >= 15 is 0 Å². The molecule has 0 saturated carbocycles. The Morgan fingerprint density at radius 1 is 1.17 bits per heavy atom. The highest BCUT2D eigenvalue weighted by molar-refractivity contribution is 5.39. The minimum atomic E-state index is -0.436. The van der Waals surface area contributed by atoms with Gasteiger partial charge in [-0.15, -0.1) is 0 Å². The van der Waals surface area contributed by atoms with E-state index in [-0.39, 0.29) is 0 Å². The van der Waals surface area contributed by atoms with Gasteiger partial charge >= 0.3 is 0 Å². The molecule has 0 radical (unpaired) electrons. The first-order chi connectivity index (χ1) is 8.56. The molecule has 0 saturated heterocycles. The summed E-state index contributed by atoms with van der Waals surface area (Å²) in [5, 5.41) is 10.2. The quantitative estimate of drug-likeness (QED) is 0.731. The number of anilines is 1. The molecule has 102 valence electrons. The molecule has 1 aromatic carbocycles. The van der Waals surface area contributed by atoms with Crippen molar-refractivity contribution >= 4 is 5.69 Å². The van der Waals surface area contributed by atoms with E-state index in [4.69, 9.17) is 5.73 Å². The van der Waals surface area contributed by atoms with Gasteiger partial charge in [0.1, 0.15) is 0 Å². The monoisotopic (exact) mass is 250 g/mol. The summed E-state index contributed by atoms with van der Waals surface area (Å²) in [6, 6.07) is 7.47. The fourth-order valence-corrected chi connectivity index (χ4v) is 1.97. The number of hydrogen-bond acceptors (Lipinski definition) is 3. The van der Waals surface area contributed by atoms with Crippen molar-refractivity contribution in [3.63, 3.8) is 0 Å². The van der Waals surface area contributed by atoms with E-state index in [2.05, 4.69) is 25.7 Å². The van der Waals surface area contributed by atoms with Gasteiger partial charge in [0.15, 0.2) is 0 Å². The molecule has 1 aromatic rings. The number of aliphatic hydroxyl groups excluding tert-OH is 1. The Morgan fingerprint density at radius 2 is 1.78 bits per heavy atom. The smallest absolute Gasteiger partial charge is 0.0916 e. The summed E-state index contributed by atoms with van der Waals surface area (Å²) >= 11 is 0. The minimum Gasteiger partial charge on any atom is -0.399 e. The third kappa shape index (κ3) is 4.67. The molecule has 1 rings (SSSR count). The van der Waals surface area contributed by atoms with Crippen LogP contribution in [0.15, 0.2) is 24.3 Å². The molecule has 0 aliphatic carbocycles. The highest BCUT2D eigenvalue weighted by Gasteiger charge is 2.14. The lowest BCUT2D eigenvalue weighted by Gasteiger charge is -2.26. The van der Waals surface area contributed by atoms with Crippen LogP contribution in [0.3, 0.4) is 0 Å². The highest BCUT2D eigenvalue weighted by atomic mass is 16.3. The second kappa shape index (κ2) is 7.39. The molecule has 0 aromatic heterocycles. The second-order valence-corrected chi connectivity index (χ2v) is 5.05. The molecule has 0 aliphatic heterocycles. The summed E-state index contributed by atoms with van der Waals surface area (Å²) in [7, 11) is 0. The van der Waals surface area contributed by atoms with E-state index < -0.39 is 6.10 Å². The lowest BCUT2D eigenvalue weighted by Crippen LogP contribution is -2.32. The van der Waals surface area contributed by atoms with Crippen LogP contribution in [0, 0.1) is 5.92 Å². The third-order valence-electron chi connectivity index (χ3n) is 3.47. The van der Waals surface area contributed by atoms with Gasteiger partial charge in [-0.05, 0) is 30.2 Å². The molecular formula is C15H26N2O. The summed E-state index contributed by atoms with van der Waals surface area (Å²) in [6.45, 7) is 9.28. The van der Waals surface area contributed by atoms with E-state index in [1.165, 1.54) is 6.42 Å². The average Bonchev–Trinajstić information content (AvgIpc) is 2.38. The van der Waals surface area contributed by atoms with Gasteiger partial charge in [-0.3, -0.25) is 0 Å². The van der Waals surface area contributed by atoms with Crippen molar-refractivity contribution in [1.82, 2.24) is 4.90 Å². The van der Waals surface area contributed by atoms with E-state index in [0.29, 0.717) is 12.5 Å². The maximum absolute atomic E-state index is 10.2. The molecule has 0 fully saturated rings. The predicted octanol–water partition coefficient (Wildman–Crippen LogP) is 2.67. The van der Waals surface area contributed by atoms with E-state index in [1.54, 1.807) is 0 Å². The minimum absolute atomic E-state index is 0.436. The molecule has 0 spiro atoms. The number of likely N-dealkylation sites (N-methyl/N-ethyl adjacent to an activating group) is 1. The van der Waals surface area contributed by atoms with Gasteiger partial charge in [0, 0.05) is 18.8 Å². The molecule has 2 unspecified atom stereocenters. The van der Waals surface area contributed by atoms with Gasteiger partial charge in [-0.25, -0.2) is 0 Å². The first-order valence-electron chi connectivity index (χ1n) is 6.82. The topological polar surface area (TPSA) is 49.5 Å². The van der Waals surface area contributed by atoms with E-state index in [0.717, 1.165) is 24.3 Å². The Balaban J connectivity index is 2.56. The van der Waals surface area contributed by atoms with Crippen LogP contribution >= 0.6 is 0 Å². The fraction of sp³-hybridized carbons (Fsp3) is 0.600. The zero-order chi connectivity index (χ0) is 13.5. The standard InChI is InChI=1S/C15H26N2O/c1-4-12(3)10-17(5-2)11-15(18)13-6-8-14(16)9-7-13/h6-9,12,15,18H,4-5,10-11,16H2,1-3H3. The summed E-state index contributed by atoms with van der Waals surface area (Å²) < 4.78 is 0. The van der Waals surface area contributed by atoms with E-state index in [9.17, 15) is 5.11 Å². The molecule has 0 heterocycles. The van der Waals surface area contributed by atoms with Gasteiger partial charge in [0.25, 0.3) is 0 Å². The van der Waals surface area contributed by atoms with Crippen molar-refractivity contribution in [2.45, 2.75) is 33.3 Å². The molecule has 0 amide bonds. The van der Waals surface area contributed by atoms with E-state index in [1.807, 2.05) is 24.3 Å². The molecule has 3 heteroatoms. The van der Waals surface area contributed by atoms with Gasteiger partial charge in [-0.1, -0.05) is 39.3 Å². The van der Waals surface area contributed by atoms with Crippen LogP contribution in [-0.2, 0) is 0 Å². The van der Waals surface area contributed by atoms with Gasteiger partial charge in [-0.2, -0.15) is 0 Å². The maximum atomic E-state index is 10.2. The summed E-state index contributed by atoms with van der Waals surface area (Å²) in [4.78, 5) is 2.30. The first kappa shape index (κ1) is 15.0. The highest BCUT2D eigenvalue weighted by Crippen LogP contribution is 2.17. The molecule has 18 heavy (non-hydrogen) atoms. The van der Waals surface area contributed by atoms with Crippen LogP contribution in [0.2, 0.25) is 0 Å². The molecule has 2 atom stereocenters. The SMILES string of the molecule is CCC(C)CN(CC)CC(O)c1ccc(N)cc1. The Labute approximate surface area is 111 Å². The summed E-state index contributed by atoms with van der Waals surface area (Å²) in [5.74, 6) is 0.670. The number of nitrogens with two attached hydrogens (primary N) is 1. The predicted molar refractivity (Wildman–Crippen MR) is 77.4 cm³/mol. The van der Waals surface area contributed by atoms with Crippen LogP contribution in [0.25, 0.3) is 0 Å². The Morgan fingerprint density at radius 3 is 2.28 bits per heavy atom. The lowest BCUT2D eigenvalue weighted by atomic mass is 10.1. The zero-order valence-corrected chi connectivity index (χ0v) is 11.8. The molecule has 0 aliphatic rings. The van der Waals surface area contributed by atoms with Gasteiger partial charge in [0.05, 0.1) is 6.10 Å². The number of nitrogens with zero attached hydrogens (tertiary/aromatic N) is 1. The number of benzene rings is 1. The van der Waals surface area contributed by atoms with Crippen LogP contribution < -0.4 is 5.73 Å². The van der Waals surface area contributed by atoms with Crippen LogP contribution in [0.4, 0.5) is 5.69 Å². The van der Waals surface area contributed by atoms with Gasteiger partial charge < -0.3 is 15.7 Å². The second-order valence-electron chi connectivity index (χ2n) is 5.05. The van der Waals surface area contributed by atoms with Crippen molar-refractivity contribution < 1.29 is 5.11 Å². The fourth-order valence-electron chi connectivity index (χ4n) is 1.97. The molecular weight excluding hydrogens is 224 g/mol. The van der Waals surface area contributed by atoms with Crippen molar-refractivity contribution in [1.29, 1.82) is 0 Å². The summed E-state index contributed by atoms with van der Waals surface area (Å²) in [5.41, 5.74) is 7.32. The van der Waals surface area contributed by atoms with Gasteiger partial charge in [0.2, 0.25) is 0 Å². The van der Waals surface area contributed by atoms with Crippen LogP contribution in [-0.4, -0.2) is 29.6 Å². The molecule has 3 N–H and O–H groups in total. The average molecular weight is 250 g/mol. The maximum Gasteiger partial charge on any atom is 0.0916 e. The Kier molecular flexibility index (Phi) is 6.16. The Hall–Kier alpha value is -1.06. The first-order valence-corrected chi connectivity index (χ1v) is 6.82. The lowest BCUT2D eigenvalue weighted by molar-refractivity contribution is 0.107. The van der Waals surface area contributed by atoms with Crippen LogP contribution in [0.1, 0.15) is 38.9 Å². The summed E-state index contributed by atoms with van der Waals surface area (Å²) in [6.07, 6.45) is 0.740. The largest absolute Gasteiger partial charge is 0.399 e. The number of hydrogen-bond donors (Lipinski definition) is 2. The van der Waals surface area contributed by atoms with Crippen molar-refractivity contribution in [2.24, 2.45) is 5.92 Å². The number of nitrogen functional groups attached to an aromatic ring is 1. The third-order valence-corrected chi connectivity index (χ3v) is 3.47. The van der Waals surface area contributed by atoms with Crippen molar-refractivity contribution in [3.05, 3.63) is 29.8 Å². The van der Waals surface area contributed by atoms with Crippen molar-refractivity contribution in [3.8, 4) is 0 Å².